The lowest BCUT2D eigenvalue weighted by atomic mass is 9.78. The molecule has 2 N–H and O–H groups in total. The largest absolute Gasteiger partial charge is 0.356 e. The quantitative estimate of drug-likeness (QED) is 0.703. The minimum atomic E-state index is -0.0149. The summed E-state index contributed by atoms with van der Waals surface area (Å²) in [5.41, 5.74) is 3.41. The number of aryl methyl sites for hydroxylation is 1. The van der Waals surface area contributed by atoms with Gasteiger partial charge in [-0.05, 0) is 45.1 Å². The van der Waals surface area contributed by atoms with E-state index in [2.05, 4.69) is 20.9 Å². The Labute approximate surface area is 160 Å². The van der Waals surface area contributed by atoms with Crippen LogP contribution in [-0.4, -0.2) is 69.3 Å². The summed E-state index contributed by atoms with van der Waals surface area (Å²) in [7, 11) is 0. The number of carbonyl (C=O) groups excluding carboxylic acids is 2. The van der Waals surface area contributed by atoms with Gasteiger partial charge in [-0.25, -0.2) is 5.01 Å². The standard InChI is InChI=1S/C19H30N6O2/c1-2-24-17-13-14(18(26)20-8-3-11-23-12-4-9-21-23)5-6-15(17)25-16(19(24)27)7-10-22-25/h4,9,12,14-17,22H,2-3,5-8,10-11,13H2,1H3,(H,20,26). The molecule has 2 aliphatic heterocycles. The zero-order valence-corrected chi connectivity index (χ0v) is 16.0. The molecule has 4 atom stereocenters. The second kappa shape index (κ2) is 7.98. The topological polar surface area (TPSA) is 82.5 Å². The molecule has 1 aliphatic carbocycles. The van der Waals surface area contributed by atoms with Crippen molar-refractivity contribution in [2.45, 2.75) is 63.7 Å². The molecule has 2 saturated heterocycles. The van der Waals surface area contributed by atoms with Crippen LogP contribution in [0.1, 0.15) is 39.0 Å². The van der Waals surface area contributed by atoms with Crippen molar-refractivity contribution in [3.05, 3.63) is 18.5 Å². The molecule has 1 aromatic rings. The van der Waals surface area contributed by atoms with Crippen molar-refractivity contribution in [3.63, 3.8) is 0 Å². The Morgan fingerprint density at radius 3 is 3.00 bits per heavy atom. The Balaban J connectivity index is 1.32. The molecule has 27 heavy (non-hydrogen) atoms. The number of aromatic nitrogens is 2. The van der Waals surface area contributed by atoms with Crippen LogP contribution in [0.3, 0.4) is 0 Å². The average Bonchev–Trinajstić information content (AvgIpc) is 3.37. The van der Waals surface area contributed by atoms with Crippen molar-refractivity contribution in [3.8, 4) is 0 Å². The molecule has 0 aromatic carbocycles. The summed E-state index contributed by atoms with van der Waals surface area (Å²) in [6.07, 6.45) is 8.07. The highest BCUT2D eigenvalue weighted by Gasteiger charge is 2.50. The first-order chi connectivity index (χ1) is 13.2. The van der Waals surface area contributed by atoms with Gasteiger partial charge in [0, 0.05) is 56.6 Å². The van der Waals surface area contributed by atoms with Gasteiger partial charge in [-0.2, -0.15) is 5.10 Å². The van der Waals surface area contributed by atoms with E-state index in [1.54, 1.807) is 6.20 Å². The maximum absolute atomic E-state index is 12.8. The Morgan fingerprint density at radius 1 is 1.33 bits per heavy atom. The number of nitrogens with zero attached hydrogens (tertiary/aromatic N) is 4. The zero-order valence-electron chi connectivity index (χ0n) is 16.0. The number of carbonyl (C=O) groups is 2. The van der Waals surface area contributed by atoms with Crippen LogP contribution in [0.2, 0.25) is 0 Å². The molecule has 4 rings (SSSR count). The lowest BCUT2D eigenvalue weighted by Gasteiger charge is -2.51. The van der Waals surface area contributed by atoms with E-state index in [1.165, 1.54) is 0 Å². The number of fused-ring (bicyclic) bond motifs is 3. The number of hydrogen-bond acceptors (Lipinski definition) is 5. The number of hydrazine groups is 1. The first-order valence-corrected chi connectivity index (χ1v) is 10.3. The van der Waals surface area contributed by atoms with Crippen molar-refractivity contribution in [2.24, 2.45) is 5.92 Å². The second-order valence-corrected chi connectivity index (χ2v) is 7.80. The van der Waals surface area contributed by atoms with Gasteiger partial charge in [0.15, 0.2) is 0 Å². The van der Waals surface area contributed by atoms with E-state index in [1.807, 2.05) is 28.8 Å². The average molecular weight is 374 g/mol. The first-order valence-electron chi connectivity index (χ1n) is 10.3. The number of nitrogens with one attached hydrogen (secondary N) is 2. The molecule has 0 bridgehead atoms. The van der Waals surface area contributed by atoms with Gasteiger partial charge in [0.1, 0.15) is 6.04 Å². The maximum atomic E-state index is 12.8. The van der Waals surface area contributed by atoms with Gasteiger partial charge >= 0.3 is 0 Å². The number of rotatable bonds is 6. The van der Waals surface area contributed by atoms with Crippen LogP contribution in [0, 0.1) is 5.92 Å². The van der Waals surface area contributed by atoms with Crippen molar-refractivity contribution < 1.29 is 9.59 Å². The van der Waals surface area contributed by atoms with Crippen LogP contribution in [0.4, 0.5) is 0 Å². The SMILES string of the molecule is CCN1C(=O)C2CCNN2C2CCC(C(=O)NCCCn3cccn3)CC21. The van der Waals surface area contributed by atoms with E-state index in [4.69, 9.17) is 0 Å². The number of hydrogen-bond donors (Lipinski definition) is 2. The van der Waals surface area contributed by atoms with E-state index in [0.29, 0.717) is 12.6 Å². The fraction of sp³-hybridized carbons (Fsp3) is 0.737. The molecule has 8 heteroatoms. The smallest absolute Gasteiger partial charge is 0.241 e. The van der Waals surface area contributed by atoms with Crippen LogP contribution < -0.4 is 10.7 Å². The van der Waals surface area contributed by atoms with Crippen LogP contribution in [0.25, 0.3) is 0 Å². The van der Waals surface area contributed by atoms with Crippen LogP contribution in [-0.2, 0) is 16.1 Å². The van der Waals surface area contributed by atoms with Gasteiger partial charge in [-0.3, -0.25) is 19.7 Å². The molecule has 2 amide bonds. The Bertz CT molecular complexity index is 663. The van der Waals surface area contributed by atoms with Gasteiger partial charge < -0.3 is 10.2 Å². The highest BCUT2D eigenvalue weighted by atomic mass is 16.2. The van der Waals surface area contributed by atoms with E-state index in [0.717, 1.165) is 51.7 Å². The molecule has 0 spiro atoms. The van der Waals surface area contributed by atoms with Crippen LogP contribution >= 0.6 is 0 Å². The summed E-state index contributed by atoms with van der Waals surface area (Å²) < 4.78 is 1.88. The van der Waals surface area contributed by atoms with Crippen molar-refractivity contribution in [1.29, 1.82) is 0 Å². The number of piperazine rings is 1. The summed E-state index contributed by atoms with van der Waals surface area (Å²) in [5, 5.41) is 9.45. The first kappa shape index (κ1) is 18.4. The van der Waals surface area contributed by atoms with E-state index in [-0.39, 0.29) is 29.8 Å². The zero-order chi connectivity index (χ0) is 18.8. The maximum Gasteiger partial charge on any atom is 0.241 e. The van der Waals surface area contributed by atoms with E-state index >= 15 is 0 Å². The Kier molecular flexibility index (Phi) is 5.45. The molecular formula is C19H30N6O2. The molecule has 0 radical (unpaired) electrons. The van der Waals surface area contributed by atoms with Crippen molar-refractivity contribution in [2.75, 3.05) is 19.6 Å². The molecule has 4 unspecified atom stereocenters. The molecule has 1 aromatic heterocycles. The molecule has 3 fully saturated rings. The van der Waals surface area contributed by atoms with E-state index < -0.39 is 0 Å². The van der Waals surface area contributed by atoms with Gasteiger partial charge in [-0.1, -0.05) is 0 Å². The molecule has 8 nitrogen and oxygen atoms in total. The molecule has 1 saturated carbocycles. The van der Waals surface area contributed by atoms with Gasteiger partial charge in [0.25, 0.3) is 0 Å². The van der Waals surface area contributed by atoms with Crippen LogP contribution in [0.15, 0.2) is 18.5 Å². The fourth-order valence-electron chi connectivity index (χ4n) is 4.97. The van der Waals surface area contributed by atoms with Crippen molar-refractivity contribution >= 4 is 11.8 Å². The second-order valence-electron chi connectivity index (χ2n) is 7.80. The number of likely N-dealkylation sites (N-methyl/N-ethyl adjacent to an activating group) is 1. The third-order valence-electron chi connectivity index (χ3n) is 6.29. The molecule has 3 aliphatic rings. The molecule has 148 valence electrons. The lowest BCUT2D eigenvalue weighted by Crippen LogP contribution is -2.68. The summed E-state index contributed by atoms with van der Waals surface area (Å²) in [6, 6.07) is 2.36. The lowest BCUT2D eigenvalue weighted by molar-refractivity contribution is -0.155. The van der Waals surface area contributed by atoms with Gasteiger partial charge in [-0.15, -0.1) is 0 Å². The molecule has 3 heterocycles. The highest BCUT2D eigenvalue weighted by Crippen LogP contribution is 2.37. The third kappa shape index (κ3) is 3.60. The van der Waals surface area contributed by atoms with Crippen LogP contribution in [0.5, 0.6) is 0 Å². The predicted molar refractivity (Wildman–Crippen MR) is 100 cm³/mol. The highest BCUT2D eigenvalue weighted by molar-refractivity contribution is 5.84. The summed E-state index contributed by atoms with van der Waals surface area (Å²) >= 11 is 0. The normalized spacial score (nSPS) is 30.9. The van der Waals surface area contributed by atoms with Crippen molar-refractivity contribution in [1.82, 2.24) is 30.4 Å². The number of amides is 2. The summed E-state index contributed by atoms with van der Waals surface area (Å²) in [4.78, 5) is 27.5. The Hall–Kier alpha value is -1.93. The Morgan fingerprint density at radius 2 is 2.22 bits per heavy atom. The fourth-order valence-corrected chi connectivity index (χ4v) is 4.97. The summed E-state index contributed by atoms with van der Waals surface area (Å²) in [6.45, 7) is 5.12. The summed E-state index contributed by atoms with van der Waals surface area (Å²) in [5.74, 6) is 0.356. The molecular weight excluding hydrogens is 344 g/mol. The van der Waals surface area contributed by atoms with E-state index in [9.17, 15) is 9.59 Å². The predicted octanol–water partition coefficient (Wildman–Crippen LogP) is 0.368. The van der Waals surface area contributed by atoms with Gasteiger partial charge in [0.05, 0.1) is 0 Å². The third-order valence-corrected chi connectivity index (χ3v) is 6.29. The monoisotopic (exact) mass is 374 g/mol. The minimum absolute atomic E-state index is 0.00282. The van der Waals surface area contributed by atoms with Gasteiger partial charge in [0.2, 0.25) is 11.8 Å². The minimum Gasteiger partial charge on any atom is -0.356 e.